The van der Waals surface area contributed by atoms with Crippen molar-refractivity contribution in [3.8, 4) is 0 Å². The van der Waals surface area contributed by atoms with Crippen LogP contribution in [0.25, 0.3) is 11.0 Å². The smallest absolute Gasteiger partial charge is 0.116 e. The van der Waals surface area contributed by atoms with Gasteiger partial charge < -0.3 is 0 Å². The minimum Gasteiger partial charge on any atom is -0.253 e. The topological polar surface area (TPSA) is 64.5 Å². The normalized spacial score (nSPS) is 9.25. The van der Waals surface area contributed by atoms with E-state index < -0.39 is 0 Å². The summed E-state index contributed by atoms with van der Waals surface area (Å²) in [7, 11) is 0. The van der Waals surface area contributed by atoms with Gasteiger partial charge in [-0.1, -0.05) is 0 Å². The maximum Gasteiger partial charge on any atom is 0.116 e. The Hall–Kier alpha value is -2.43. The molecule has 0 unspecified atom stereocenters. The first kappa shape index (κ1) is 10.1. The summed E-state index contributed by atoms with van der Waals surface area (Å²) < 4.78 is 0. The Kier molecular flexibility index (Phi) is 3.44. The Morgan fingerprint density at radius 3 is 2.19 bits per heavy atom. The van der Waals surface area contributed by atoms with E-state index >= 15 is 0 Å². The third kappa shape index (κ3) is 2.78. The number of rotatable bonds is 0. The summed E-state index contributed by atoms with van der Waals surface area (Å²) >= 11 is 0. The van der Waals surface area contributed by atoms with Crippen molar-refractivity contribution in [3.05, 3.63) is 55.6 Å². The van der Waals surface area contributed by atoms with Crippen LogP contribution in [0.1, 0.15) is 0 Å². The van der Waals surface area contributed by atoms with Gasteiger partial charge in [-0.3, -0.25) is 4.98 Å². The first-order valence-corrected chi connectivity index (χ1v) is 4.67. The van der Waals surface area contributed by atoms with E-state index in [0.717, 1.165) is 11.0 Å². The SMILES string of the molecule is c1cnc2cncnc2c1.c1cncnc1. The van der Waals surface area contributed by atoms with E-state index in [1.54, 1.807) is 30.9 Å². The van der Waals surface area contributed by atoms with Crippen molar-refractivity contribution in [1.29, 1.82) is 0 Å². The van der Waals surface area contributed by atoms with Gasteiger partial charge in [-0.15, -0.1) is 0 Å². The van der Waals surface area contributed by atoms with Crippen LogP contribution >= 0.6 is 0 Å². The molecule has 3 aromatic rings. The van der Waals surface area contributed by atoms with Gasteiger partial charge in [0.1, 0.15) is 18.2 Å². The van der Waals surface area contributed by atoms with Crippen molar-refractivity contribution in [1.82, 2.24) is 24.9 Å². The lowest BCUT2D eigenvalue weighted by atomic mass is 10.4. The quantitative estimate of drug-likeness (QED) is 0.563. The predicted octanol–water partition coefficient (Wildman–Crippen LogP) is 1.50. The summed E-state index contributed by atoms with van der Waals surface area (Å²) in [5, 5.41) is 0. The number of fused-ring (bicyclic) bond motifs is 1. The van der Waals surface area contributed by atoms with Crippen LogP contribution < -0.4 is 0 Å². The Labute approximate surface area is 92.3 Å². The molecule has 0 saturated carbocycles. The molecule has 0 aromatic carbocycles. The average Bonchev–Trinajstić information content (AvgIpc) is 2.42. The maximum absolute atomic E-state index is 4.06. The molecule has 0 atom stereocenters. The van der Waals surface area contributed by atoms with E-state index in [4.69, 9.17) is 0 Å². The van der Waals surface area contributed by atoms with Crippen LogP contribution in [0.2, 0.25) is 0 Å². The molecule has 0 N–H and O–H groups in total. The summed E-state index contributed by atoms with van der Waals surface area (Å²) in [5.74, 6) is 0. The van der Waals surface area contributed by atoms with Crippen molar-refractivity contribution in [2.75, 3.05) is 0 Å². The van der Waals surface area contributed by atoms with Crippen molar-refractivity contribution in [3.63, 3.8) is 0 Å². The molecule has 0 amide bonds. The first-order chi connectivity index (χ1) is 7.97. The van der Waals surface area contributed by atoms with Crippen molar-refractivity contribution in [2.24, 2.45) is 0 Å². The fourth-order valence-corrected chi connectivity index (χ4v) is 1.07. The second-order valence-electron chi connectivity index (χ2n) is 2.83. The second-order valence-corrected chi connectivity index (χ2v) is 2.83. The van der Waals surface area contributed by atoms with E-state index in [-0.39, 0.29) is 0 Å². The number of nitrogens with zero attached hydrogens (tertiary/aromatic N) is 5. The Morgan fingerprint density at radius 2 is 1.56 bits per heavy atom. The van der Waals surface area contributed by atoms with Crippen LogP contribution in [0.3, 0.4) is 0 Å². The van der Waals surface area contributed by atoms with Crippen LogP contribution in [0.5, 0.6) is 0 Å². The fourth-order valence-electron chi connectivity index (χ4n) is 1.07. The van der Waals surface area contributed by atoms with Crippen LogP contribution in [0.4, 0.5) is 0 Å². The van der Waals surface area contributed by atoms with Crippen LogP contribution in [0.15, 0.2) is 55.6 Å². The molecule has 0 saturated heterocycles. The molecular formula is C11H9N5. The molecule has 3 heterocycles. The first-order valence-electron chi connectivity index (χ1n) is 4.67. The summed E-state index contributed by atoms with van der Waals surface area (Å²) in [6.45, 7) is 0. The molecule has 0 fully saturated rings. The standard InChI is InChI=1S/C7H5N3.C4H4N2/c1-2-6-7(9-3-1)4-8-5-10-6;1-2-5-4-6-3-1/h1-5H;1-4H. The fraction of sp³-hybridized carbons (Fsp3) is 0. The van der Waals surface area contributed by atoms with Gasteiger partial charge >= 0.3 is 0 Å². The highest BCUT2D eigenvalue weighted by Crippen LogP contribution is 2.02. The summed E-state index contributed by atoms with van der Waals surface area (Å²) in [6.07, 6.45) is 9.82. The molecule has 0 spiro atoms. The highest BCUT2D eigenvalue weighted by Gasteiger charge is 1.89. The van der Waals surface area contributed by atoms with Gasteiger partial charge in [0, 0.05) is 18.6 Å². The Bertz CT molecular complexity index is 449. The van der Waals surface area contributed by atoms with Gasteiger partial charge in [0.05, 0.1) is 11.7 Å². The van der Waals surface area contributed by atoms with Gasteiger partial charge in [-0.05, 0) is 18.2 Å². The molecule has 3 aromatic heterocycles. The Morgan fingerprint density at radius 1 is 0.688 bits per heavy atom. The molecule has 0 bridgehead atoms. The van der Waals surface area contributed by atoms with Crippen LogP contribution in [-0.4, -0.2) is 24.9 Å². The van der Waals surface area contributed by atoms with Crippen molar-refractivity contribution < 1.29 is 0 Å². The maximum atomic E-state index is 4.06. The van der Waals surface area contributed by atoms with Crippen molar-refractivity contribution >= 4 is 11.0 Å². The zero-order valence-electron chi connectivity index (χ0n) is 8.43. The lowest BCUT2D eigenvalue weighted by Gasteiger charge is -1.89. The van der Waals surface area contributed by atoms with Crippen molar-refractivity contribution in [2.45, 2.75) is 0 Å². The highest BCUT2D eigenvalue weighted by molar-refractivity contribution is 5.71. The molecule has 78 valence electrons. The number of pyridine rings is 1. The number of aromatic nitrogens is 5. The molecule has 16 heavy (non-hydrogen) atoms. The summed E-state index contributed by atoms with van der Waals surface area (Å²) in [5.41, 5.74) is 1.72. The van der Waals surface area contributed by atoms with E-state index in [2.05, 4.69) is 24.9 Å². The van der Waals surface area contributed by atoms with Gasteiger partial charge in [0.25, 0.3) is 0 Å². The van der Waals surface area contributed by atoms with E-state index in [1.807, 2.05) is 12.1 Å². The summed E-state index contributed by atoms with van der Waals surface area (Å²) in [6, 6.07) is 5.54. The molecular weight excluding hydrogens is 202 g/mol. The third-order valence-electron chi connectivity index (χ3n) is 1.75. The molecule has 0 aliphatic carbocycles. The monoisotopic (exact) mass is 211 g/mol. The van der Waals surface area contributed by atoms with E-state index in [0.29, 0.717) is 0 Å². The number of hydrogen-bond acceptors (Lipinski definition) is 5. The van der Waals surface area contributed by atoms with Crippen LogP contribution in [-0.2, 0) is 0 Å². The Balaban J connectivity index is 0.000000138. The minimum absolute atomic E-state index is 0.838. The molecule has 0 radical (unpaired) electrons. The zero-order valence-corrected chi connectivity index (χ0v) is 8.43. The third-order valence-corrected chi connectivity index (χ3v) is 1.75. The molecule has 5 heteroatoms. The molecule has 3 rings (SSSR count). The van der Waals surface area contributed by atoms with Gasteiger partial charge in [-0.25, -0.2) is 19.9 Å². The van der Waals surface area contributed by atoms with Gasteiger partial charge in [0.15, 0.2) is 0 Å². The molecule has 0 aliphatic rings. The lowest BCUT2D eigenvalue weighted by Crippen LogP contribution is -1.81. The lowest BCUT2D eigenvalue weighted by molar-refractivity contribution is 1.17. The zero-order chi connectivity index (χ0) is 11.1. The van der Waals surface area contributed by atoms with E-state index in [9.17, 15) is 0 Å². The highest BCUT2D eigenvalue weighted by atomic mass is 14.8. The second kappa shape index (κ2) is 5.45. The average molecular weight is 211 g/mol. The van der Waals surface area contributed by atoms with Crippen LogP contribution in [0, 0.1) is 0 Å². The van der Waals surface area contributed by atoms with Gasteiger partial charge in [0.2, 0.25) is 0 Å². The minimum atomic E-state index is 0.838. The predicted molar refractivity (Wildman–Crippen MR) is 59.4 cm³/mol. The van der Waals surface area contributed by atoms with Gasteiger partial charge in [-0.2, -0.15) is 0 Å². The molecule has 5 nitrogen and oxygen atoms in total. The largest absolute Gasteiger partial charge is 0.253 e. The number of hydrogen-bond donors (Lipinski definition) is 0. The van der Waals surface area contributed by atoms with E-state index in [1.165, 1.54) is 12.7 Å². The molecule has 0 aliphatic heterocycles. The summed E-state index contributed by atoms with van der Waals surface area (Å²) in [4.78, 5) is 19.3.